The Kier molecular flexibility index (Phi) is 7.43. The highest BCUT2D eigenvalue weighted by Crippen LogP contribution is 2.38. The van der Waals surface area contributed by atoms with Crippen LogP contribution in [0.25, 0.3) is 0 Å². The molecule has 0 aromatic heterocycles. The number of nitrogens with zero attached hydrogens (tertiary/aromatic N) is 2. The number of hydrogen-bond acceptors (Lipinski definition) is 9. The minimum Gasteiger partial charge on any atom is -0.508 e. The number of anilines is 1. The summed E-state index contributed by atoms with van der Waals surface area (Å²) in [6, 6.07) is 15.1. The molecule has 0 heterocycles. The topological polar surface area (TPSA) is 128 Å². The maximum Gasteiger partial charge on any atom is 0.363 e. The standard InChI is InChI=1S/C23H21N3O7/c1-30-19-12-15(13-20(31-2)21(19)32-3)23(29)33-26-17-9-7-16(8-10-17)24-25-22(28)14-5-4-6-18(27)11-14/h4-13,26-27H,1-3H3. The maximum atomic E-state index is 12.4. The van der Waals surface area contributed by atoms with E-state index in [9.17, 15) is 14.7 Å². The molecular weight excluding hydrogens is 430 g/mol. The zero-order chi connectivity index (χ0) is 23.8. The molecule has 10 nitrogen and oxygen atoms in total. The predicted molar refractivity (Wildman–Crippen MR) is 119 cm³/mol. The van der Waals surface area contributed by atoms with E-state index >= 15 is 0 Å². The van der Waals surface area contributed by atoms with Gasteiger partial charge in [-0.05, 0) is 54.6 Å². The van der Waals surface area contributed by atoms with E-state index in [2.05, 4.69) is 15.7 Å². The summed E-state index contributed by atoms with van der Waals surface area (Å²) >= 11 is 0. The van der Waals surface area contributed by atoms with Gasteiger partial charge in [0, 0.05) is 5.56 Å². The number of hydrogen-bond donors (Lipinski definition) is 2. The van der Waals surface area contributed by atoms with Crippen molar-refractivity contribution in [1.82, 2.24) is 0 Å². The molecule has 1 amide bonds. The van der Waals surface area contributed by atoms with Gasteiger partial charge < -0.3 is 24.2 Å². The summed E-state index contributed by atoms with van der Waals surface area (Å²) in [5.74, 6) is -0.302. The lowest BCUT2D eigenvalue weighted by Crippen LogP contribution is -2.11. The third-order valence-corrected chi connectivity index (χ3v) is 4.38. The fraction of sp³-hybridized carbons (Fsp3) is 0.130. The zero-order valence-electron chi connectivity index (χ0n) is 18.1. The number of azo groups is 1. The SMILES string of the molecule is COc1cc(C(=O)ONc2ccc(N=NC(=O)c3cccc(O)c3)cc2)cc(OC)c1OC. The van der Waals surface area contributed by atoms with Gasteiger partial charge in [0.2, 0.25) is 5.75 Å². The summed E-state index contributed by atoms with van der Waals surface area (Å²) in [5, 5.41) is 16.9. The molecule has 3 aromatic rings. The first-order valence-corrected chi connectivity index (χ1v) is 9.57. The molecule has 0 saturated heterocycles. The summed E-state index contributed by atoms with van der Waals surface area (Å²) in [4.78, 5) is 29.6. The lowest BCUT2D eigenvalue weighted by Gasteiger charge is -2.14. The third kappa shape index (κ3) is 5.76. The molecule has 0 atom stereocenters. The quantitative estimate of drug-likeness (QED) is 0.378. The number of carbonyl (C=O) groups excluding carboxylic acids is 2. The van der Waals surface area contributed by atoms with Crippen LogP contribution in [0, 0.1) is 0 Å². The molecule has 0 aliphatic rings. The number of amides is 1. The largest absolute Gasteiger partial charge is 0.508 e. The summed E-state index contributed by atoms with van der Waals surface area (Å²) in [6.07, 6.45) is 0. The lowest BCUT2D eigenvalue weighted by atomic mass is 10.2. The summed E-state index contributed by atoms with van der Waals surface area (Å²) in [7, 11) is 4.35. The average Bonchev–Trinajstić information content (AvgIpc) is 2.85. The van der Waals surface area contributed by atoms with Crippen molar-refractivity contribution in [2.75, 3.05) is 26.8 Å². The number of carbonyl (C=O) groups is 2. The van der Waals surface area contributed by atoms with Gasteiger partial charge in [0.25, 0.3) is 5.91 Å². The Bertz CT molecular complexity index is 1150. The number of methoxy groups -OCH3 is 3. The average molecular weight is 451 g/mol. The number of rotatable bonds is 8. The van der Waals surface area contributed by atoms with Crippen LogP contribution in [0.3, 0.4) is 0 Å². The van der Waals surface area contributed by atoms with Gasteiger partial charge in [-0.25, -0.2) is 10.3 Å². The van der Waals surface area contributed by atoms with Crippen LogP contribution < -0.4 is 19.7 Å². The number of ether oxygens (including phenoxy) is 3. The molecule has 2 N–H and O–H groups in total. The van der Waals surface area contributed by atoms with Gasteiger partial charge in [0.15, 0.2) is 11.5 Å². The van der Waals surface area contributed by atoms with E-state index in [0.29, 0.717) is 28.6 Å². The van der Waals surface area contributed by atoms with Crippen molar-refractivity contribution in [3.05, 3.63) is 71.8 Å². The first-order valence-electron chi connectivity index (χ1n) is 9.57. The second-order valence-corrected chi connectivity index (χ2v) is 6.51. The second kappa shape index (κ2) is 10.6. The van der Waals surface area contributed by atoms with Gasteiger partial charge in [-0.1, -0.05) is 6.07 Å². The summed E-state index contributed by atoms with van der Waals surface area (Å²) < 4.78 is 15.7. The van der Waals surface area contributed by atoms with Crippen LogP contribution in [0.1, 0.15) is 20.7 Å². The Balaban J connectivity index is 1.62. The Labute approximate surface area is 189 Å². The monoisotopic (exact) mass is 451 g/mol. The third-order valence-electron chi connectivity index (χ3n) is 4.38. The lowest BCUT2D eigenvalue weighted by molar-refractivity contribution is 0.0595. The Hall–Kier alpha value is -4.60. The predicted octanol–water partition coefficient (Wildman–Crippen LogP) is 4.53. The molecule has 33 heavy (non-hydrogen) atoms. The van der Waals surface area contributed by atoms with E-state index in [1.54, 1.807) is 24.3 Å². The first kappa shape index (κ1) is 23.1. The van der Waals surface area contributed by atoms with E-state index < -0.39 is 11.9 Å². The first-order chi connectivity index (χ1) is 15.9. The van der Waals surface area contributed by atoms with Gasteiger partial charge in [0.1, 0.15) is 5.75 Å². The van der Waals surface area contributed by atoms with Crippen LogP contribution in [0.4, 0.5) is 11.4 Å². The molecule has 170 valence electrons. The van der Waals surface area contributed by atoms with Gasteiger partial charge in [-0.3, -0.25) is 4.79 Å². The summed E-state index contributed by atoms with van der Waals surface area (Å²) in [6.45, 7) is 0. The van der Waals surface area contributed by atoms with E-state index in [1.165, 1.54) is 57.7 Å². The van der Waals surface area contributed by atoms with Crippen LogP contribution in [-0.4, -0.2) is 38.3 Å². The highest BCUT2D eigenvalue weighted by molar-refractivity contribution is 5.95. The molecule has 0 saturated carbocycles. The number of phenolic OH excluding ortho intramolecular Hbond substituents is 1. The Morgan fingerprint density at radius 2 is 1.52 bits per heavy atom. The Morgan fingerprint density at radius 3 is 2.09 bits per heavy atom. The van der Waals surface area contributed by atoms with Gasteiger partial charge in [-0.2, -0.15) is 0 Å². The zero-order valence-corrected chi connectivity index (χ0v) is 18.1. The molecule has 10 heteroatoms. The van der Waals surface area contributed by atoms with Gasteiger partial charge in [0.05, 0.1) is 38.3 Å². The van der Waals surface area contributed by atoms with Crippen LogP contribution in [0.5, 0.6) is 23.0 Å². The minimum atomic E-state index is -0.672. The van der Waals surface area contributed by atoms with Crippen LogP contribution in [-0.2, 0) is 4.84 Å². The second-order valence-electron chi connectivity index (χ2n) is 6.51. The van der Waals surface area contributed by atoms with Gasteiger partial charge >= 0.3 is 5.97 Å². The molecule has 0 radical (unpaired) electrons. The van der Waals surface area contributed by atoms with E-state index in [-0.39, 0.29) is 16.9 Å². The van der Waals surface area contributed by atoms with E-state index in [0.717, 1.165) is 0 Å². The highest BCUT2D eigenvalue weighted by Gasteiger charge is 2.18. The number of benzene rings is 3. The molecule has 3 rings (SSSR count). The van der Waals surface area contributed by atoms with Crippen molar-refractivity contribution in [2.45, 2.75) is 0 Å². The fourth-order valence-corrected chi connectivity index (χ4v) is 2.76. The molecule has 0 aliphatic heterocycles. The maximum absolute atomic E-state index is 12.4. The molecular formula is C23H21N3O7. The highest BCUT2D eigenvalue weighted by atomic mass is 16.7. The molecule has 0 aliphatic carbocycles. The number of aromatic hydroxyl groups is 1. The molecule has 0 unspecified atom stereocenters. The minimum absolute atomic E-state index is 0.0347. The molecule has 3 aromatic carbocycles. The number of phenols is 1. The summed E-state index contributed by atoms with van der Waals surface area (Å²) in [5.41, 5.74) is 3.82. The van der Waals surface area contributed by atoms with Crippen molar-refractivity contribution < 1.29 is 33.7 Å². The van der Waals surface area contributed by atoms with Crippen molar-refractivity contribution in [1.29, 1.82) is 0 Å². The van der Waals surface area contributed by atoms with Crippen LogP contribution in [0.2, 0.25) is 0 Å². The smallest absolute Gasteiger partial charge is 0.363 e. The normalized spacial score (nSPS) is 10.5. The van der Waals surface area contributed by atoms with Gasteiger partial charge in [-0.15, -0.1) is 10.2 Å². The van der Waals surface area contributed by atoms with Crippen molar-refractivity contribution in [3.63, 3.8) is 0 Å². The van der Waals surface area contributed by atoms with E-state index in [1.807, 2.05) is 0 Å². The van der Waals surface area contributed by atoms with Crippen molar-refractivity contribution in [2.24, 2.45) is 10.2 Å². The van der Waals surface area contributed by atoms with Crippen LogP contribution >= 0.6 is 0 Å². The van der Waals surface area contributed by atoms with E-state index in [4.69, 9.17) is 19.0 Å². The fourth-order valence-electron chi connectivity index (χ4n) is 2.76. The van der Waals surface area contributed by atoms with Crippen molar-refractivity contribution >= 4 is 23.3 Å². The van der Waals surface area contributed by atoms with Crippen LogP contribution in [0.15, 0.2) is 70.9 Å². The molecule has 0 spiro atoms. The molecule has 0 fully saturated rings. The number of nitrogens with one attached hydrogen (secondary N) is 1. The Morgan fingerprint density at radius 1 is 0.848 bits per heavy atom. The molecule has 0 bridgehead atoms. The van der Waals surface area contributed by atoms with Crippen molar-refractivity contribution in [3.8, 4) is 23.0 Å².